The van der Waals surface area contributed by atoms with Crippen LogP contribution in [-0.4, -0.2) is 36.7 Å². The summed E-state index contributed by atoms with van der Waals surface area (Å²) in [5.41, 5.74) is 1.11. The summed E-state index contributed by atoms with van der Waals surface area (Å²) in [4.78, 5) is 14.5. The zero-order valence-corrected chi connectivity index (χ0v) is 14.8. The van der Waals surface area contributed by atoms with E-state index >= 15 is 0 Å². The van der Waals surface area contributed by atoms with E-state index in [-0.39, 0.29) is 18.3 Å². The molecule has 1 aliphatic heterocycles. The van der Waals surface area contributed by atoms with Crippen molar-refractivity contribution in [2.75, 3.05) is 6.54 Å². The molecule has 6 nitrogen and oxygen atoms in total. The van der Waals surface area contributed by atoms with Crippen molar-refractivity contribution in [1.82, 2.24) is 24.2 Å². The van der Waals surface area contributed by atoms with Crippen LogP contribution in [-0.2, 0) is 13.0 Å². The summed E-state index contributed by atoms with van der Waals surface area (Å²) in [6.07, 6.45) is 1.92. The molecule has 3 heterocycles. The number of carbonyl (C=O) groups is 1. The van der Waals surface area contributed by atoms with Gasteiger partial charge in [-0.1, -0.05) is 30.3 Å². The Bertz CT molecular complexity index is 950. The van der Waals surface area contributed by atoms with Crippen molar-refractivity contribution >= 4 is 5.91 Å². The van der Waals surface area contributed by atoms with E-state index in [9.17, 15) is 13.6 Å². The van der Waals surface area contributed by atoms with Crippen LogP contribution in [0.5, 0.6) is 0 Å². The molecule has 27 heavy (non-hydrogen) atoms. The number of hydrogen-bond donors (Lipinski definition) is 0. The number of carbonyl (C=O) groups excluding carboxylic acids is 1. The maximum absolute atomic E-state index is 13.2. The minimum atomic E-state index is -2.75. The SMILES string of the molecule is Cc1nnc2n1[C@H](Cc1ccccc1)CN(C(=O)c1cccn1C(F)F)C2. The Kier molecular flexibility index (Phi) is 4.47. The molecule has 0 spiro atoms. The quantitative estimate of drug-likeness (QED) is 0.708. The second-order valence-electron chi connectivity index (χ2n) is 6.64. The highest BCUT2D eigenvalue weighted by Gasteiger charge is 2.32. The number of halogens is 2. The molecule has 4 rings (SSSR count). The first-order chi connectivity index (χ1) is 13.0. The summed E-state index contributed by atoms with van der Waals surface area (Å²) in [6.45, 7) is -0.212. The molecule has 1 atom stereocenters. The number of aromatic nitrogens is 4. The monoisotopic (exact) mass is 371 g/mol. The molecule has 8 heteroatoms. The summed E-state index contributed by atoms with van der Waals surface area (Å²) in [5.74, 6) is 1.03. The molecule has 3 aromatic rings. The van der Waals surface area contributed by atoms with Crippen molar-refractivity contribution in [1.29, 1.82) is 0 Å². The molecule has 1 amide bonds. The van der Waals surface area contributed by atoms with Crippen molar-refractivity contribution in [2.45, 2.75) is 32.5 Å². The number of nitrogens with zero attached hydrogens (tertiary/aromatic N) is 5. The molecule has 0 saturated carbocycles. The maximum Gasteiger partial charge on any atom is 0.319 e. The summed E-state index contributed by atoms with van der Waals surface area (Å²) in [7, 11) is 0. The molecule has 1 aromatic carbocycles. The zero-order chi connectivity index (χ0) is 19.0. The second-order valence-corrected chi connectivity index (χ2v) is 6.64. The molecular weight excluding hydrogens is 352 g/mol. The first-order valence-electron chi connectivity index (χ1n) is 8.73. The third kappa shape index (κ3) is 3.22. The molecule has 140 valence electrons. The van der Waals surface area contributed by atoms with Crippen molar-refractivity contribution in [2.24, 2.45) is 0 Å². The summed E-state index contributed by atoms with van der Waals surface area (Å²) >= 11 is 0. The Balaban J connectivity index is 1.64. The predicted molar refractivity (Wildman–Crippen MR) is 94.4 cm³/mol. The van der Waals surface area contributed by atoms with E-state index < -0.39 is 12.5 Å². The van der Waals surface area contributed by atoms with Crippen LogP contribution in [0, 0.1) is 6.92 Å². The number of rotatable bonds is 4. The van der Waals surface area contributed by atoms with E-state index in [0.717, 1.165) is 11.4 Å². The molecular formula is C19H19F2N5O. The maximum atomic E-state index is 13.2. The third-order valence-corrected chi connectivity index (χ3v) is 4.88. The molecule has 0 radical (unpaired) electrons. The molecule has 1 aliphatic rings. The number of fused-ring (bicyclic) bond motifs is 1. The lowest BCUT2D eigenvalue weighted by atomic mass is 10.0. The molecule has 0 bridgehead atoms. The van der Waals surface area contributed by atoms with Gasteiger partial charge in [-0.05, 0) is 31.0 Å². The van der Waals surface area contributed by atoms with Crippen molar-refractivity contribution in [3.05, 3.63) is 71.6 Å². The van der Waals surface area contributed by atoms with Crippen LogP contribution in [0.4, 0.5) is 8.78 Å². The average molecular weight is 371 g/mol. The molecule has 0 saturated heterocycles. The van der Waals surface area contributed by atoms with E-state index in [2.05, 4.69) is 10.2 Å². The lowest BCUT2D eigenvalue weighted by Crippen LogP contribution is -2.42. The summed E-state index contributed by atoms with van der Waals surface area (Å²) < 4.78 is 29.1. The van der Waals surface area contributed by atoms with E-state index in [1.165, 1.54) is 18.3 Å². The number of benzene rings is 1. The Morgan fingerprint density at radius 1 is 1.19 bits per heavy atom. The first-order valence-corrected chi connectivity index (χ1v) is 8.73. The van der Waals surface area contributed by atoms with Crippen molar-refractivity contribution < 1.29 is 13.6 Å². The number of aryl methyl sites for hydroxylation is 1. The molecule has 2 aromatic heterocycles. The van der Waals surface area contributed by atoms with Crippen LogP contribution in [0.1, 0.15) is 40.3 Å². The van der Waals surface area contributed by atoms with Gasteiger partial charge in [-0.25, -0.2) is 0 Å². The highest BCUT2D eigenvalue weighted by Crippen LogP contribution is 2.27. The van der Waals surface area contributed by atoms with Crippen LogP contribution < -0.4 is 0 Å². The molecule has 0 N–H and O–H groups in total. The largest absolute Gasteiger partial charge is 0.328 e. The Morgan fingerprint density at radius 2 is 1.96 bits per heavy atom. The molecule has 0 aliphatic carbocycles. The van der Waals surface area contributed by atoms with E-state index in [4.69, 9.17) is 0 Å². The van der Waals surface area contributed by atoms with Gasteiger partial charge in [0.05, 0.1) is 12.6 Å². The normalized spacial score (nSPS) is 16.6. The van der Waals surface area contributed by atoms with E-state index in [1.807, 2.05) is 41.8 Å². The highest BCUT2D eigenvalue weighted by atomic mass is 19.3. The van der Waals surface area contributed by atoms with Gasteiger partial charge in [0, 0.05) is 12.7 Å². The van der Waals surface area contributed by atoms with Gasteiger partial charge in [-0.3, -0.25) is 9.36 Å². The smallest absolute Gasteiger partial charge is 0.319 e. The fraction of sp³-hybridized carbons (Fsp3) is 0.316. The summed E-state index contributed by atoms with van der Waals surface area (Å²) in [5, 5.41) is 8.33. The highest BCUT2D eigenvalue weighted by molar-refractivity contribution is 5.92. The Labute approximate surface area is 155 Å². The van der Waals surface area contributed by atoms with Gasteiger partial charge in [-0.15, -0.1) is 10.2 Å². The third-order valence-electron chi connectivity index (χ3n) is 4.88. The fourth-order valence-electron chi connectivity index (χ4n) is 3.67. The van der Waals surface area contributed by atoms with E-state index in [0.29, 0.717) is 23.4 Å². The van der Waals surface area contributed by atoms with Gasteiger partial charge in [0.25, 0.3) is 5.91 Å². The van der Waals surface area contributed by atoms with Gasteiger partial charge >= 0.3 is 6.55 Å². The Morgan fingerprint density at radius 3 is 2.70 bits per heavy atom. The topological polar surface area (TPSA) is 56.0 Å². The molecule has 0 fully saturated rings. The van der Waals surface area contributed by atoms with E-state index in [1.54, 1.807) is 4.90 Å². The number of amides is 1. The van der Waals surface area contributed by atoms with Gasteiger partial charge in [0.15, 0.2) is 5.82 Å². The van der Waals surface area contributed by atoms with Crippen LogP contribution in [0.15, 0.2) is 48.7 Å². The second kappa shape index (κ2) is 6.94. The molecule has 0 unspecified atom stereocenters. The van der Waals surface area contributed by atoms with Gasteiger partial charge in [-0.2, -0.15) is 8.78 Å². The van der Waals surface area contributed by atoms with Crippen LogP contribution >= 0.6 is 0 Å². The zero-order valence-electron chi connectivity index (χ0n) is 14.8. The van der Waals surface area contributed by atoms with Gasteiger partial charge in [0.1, 0.15) is 11.5 Å². The average Bonchev–Trinajstić information content (AvgIpc) is 3.29. The number of alkyl halides is 2. The Hall–Kier alpha value is -3.03. The fourth-order valence-corrected chi connectivity index (χ4v) is 3.67. The lowest BCUT2D eigenvalue weighted by Gasteiger charge is -2.34. The standard InChI is InChI=1S/C19H19F2N5O/c1-13-22-23-17-12-24(18(27)16-8-5-9-25(16)19(20)21)11-15(26(13)17)10-14-6-3-2-4-7-14/h2-9,15,19H,10-12H2,1H3/t15-/m1/s1. The van der Waals surface area contributed by atoms with Crippen molar-refractivity contribution in [3.63, 3.8) is 0 Å². The number of hydrogen-bond acceptors (Lipinski definition) is 3. The van der Waals surface area contributed by atoms with Gasteiger partial charge in [0.2, 0.25) is 0 Å². The van der Waals surface area contributed by atoms with Crippen LogP contribution in [0.25, 0.3) is 0 Å². The lowest BCUT2D eigenvalue weighted by molar-refractivity contribution is 0.0522. The minimum absolute atomic E-state index is 0.0202. The summed E-state index contributed by atoms with van der Waals surface area (Å²) in [6, 6.07) is 12.8. The van der Waals surface area contributed by atoms with Crippen LogP contribution in [0.3, 0.4) is 0 Å². The minimum Gasteiger partial charge on any atom is -0.328 e. The van der Waals surface area contributed by atoms with Crippen LogP contribution in [0.2, 0.25) is 0 Å². The van der Waals surface area contributed by atoms with Crippen molar-refractivity contribution in [3.8, 4) is 0 Å². The van der Waals surface area contributed by atoms with Gasteiger partial charge < -0.3 is 9.47 Å². The first kappa shape index (κ1) is 17.4. The predicted octanol–water partition coefficient (Wildman–Crippen LogP) is 3.22.